The maximum Gasteiger partial charge on any atom is 0.276 e. The monoisotopic (exact) mass is 422 g/mol. The molecule has 1 aliphatic heterocycles. The van der Waals surface area contributed by atoms with Gasteiger partial charge in [-0.1, -0.05) is 55.7 Å². The van der Waals surface area contributed by atoms with Gasteiger partial charge < -0.3 is 14.8 Å². The summed E-state index contributed by atoms with van der Waals surface area (Å²) in [7, 11) is 1.61. The van der Waals surface area contributed by atoms with E-state index in [1.807, 2.05) is 54.6 Å². The van der Waals surface area contributed by atoms with Crippen LogP contribution >= 0.6 is 12.2 Å². The lowest BCUT2D eigenvalue weighted by atomic mass is 9.94. The lowest BCUT2D eigenvalue weighted by Crippen LogP contribution is -2.41. The first-order chi connectivity index (χ1) is 14.7. The van der Waals surface area contributed by atoms with Gasteiger partial charge in [0.1, 0.15) is 12.3 Å². The molecule has 0 unspecified atom stereocenters. The number of carbonyl (C=O) groups excluding carboxylic acids is 1. The van der Waals surface area contributed by atoms with Crippen molar-refractivity contribution in [1.29, 1.82) is 0 Å². The molecule has 0 atom stereocenters. The molecule has 0 aromatic heterocycles. The molecule has 2 aromatic carbocycles. The zero-order valence-corrected chi connectivity index (χ0v) is 17.9. The summed E-state index contributed by atoms with van der Waals surface area (Å²) in [6.45, 7) is 0.461. The third-order valence-corrected chi connectivity index (χ3v) is 5.88. The fourth-order valence-electron chi connectivity index (χ4n) is 4.01. The Balaban J connectivity index is 1.49. The van der Waals surface area contributed by atoms with E-state index in [4.69, 9.17) is 21.7 Å². The minimum absolute atomic E-state index is 0.0460. The van der Waals surface area contributed by atoms with Gasteiger partial charge in [0.2, 0.25) is 0 Å². The second-order valence-corrected chi connectivity index (χ2v) is 8.03. The van der Waals surface area contributed by atoms with Crippen LogP contribution in [0, 0.1) is 0 Å². The van der Waals surface area contributed by atoms with Crippen molar-refractivity contribution in [1.82, 2.24) is 10.2 Å². The van der Waals surface area contributed by atoms with Crippen LogP contribution in [0.3, 0.4) is 0 Å². The number of carbonyl (C=O) groups is 1. The van der Waals surface area contributed by atoms with Gasteiger partial charge in [-0.2, -0.15) is 0 Å². The van der Waals surface area contributed by atoms with Crippen molar-refractivity contribution in [2.24, 2.45) is 0 Å². The van der Waals surface area contributed by atoms with E-state index < -0.39 is 0 Å². The summed E-state index contributed by atoms with van der Waals surface area (Å²) in [4.78, 5) is 14.7. The van der Waals surface area contributed by atoms with Crippen molar-refractivity contribution >= 4 is 29.3 Å². The number of amides is 1. The van der Waals surface area contributed by atoms with Crippen LogP contribution in [-0.2, 0) is 11.4 Å². The summed E-state index contributed by atoms with van der Waals surface area (Å²) in [6.07, 6.45) is 7.39. The van der Waals surface area contributed by atoms with Crippen molar-refractivity contribution in [3.8, 4) is 11.5 Å². The van der Waals surface area contributed by atoms with Gasteiger partial charge >= 0.3 is 0 Å². The van der Waals surface area contributed by atoms with Crippen LogP contribution in [0.25, 0.3) is 6.08 Å². The predicted molar refractivity (Wildman–Crippen MR) is 121 cm³/mol. The van der Waals surface area contributed by atoms with Crippen molar-refractivity contribution in [3.05, 3.63) is 65.4 Å². The SMILES string of the molecule is COc1cc(/C=C2\NC(=S)N(C3CCCCC3)C2=O)ccc1OCc1ccccc1. The van der Waals surface area contributed by atoms with Gasteiger partial charge in [0.05, 0.1) is 7.11 Å². The summed E-state index contributed by atoms with van der Waals surface area (Å²) >= 11 is 5.45. The Bertz CT molecular complexity index is 952. The maximum atomic E-state index is 13.0. The molecule has 156 valence electrons. The molecule has 4 rings (SSSR count). The number of methoxy groups -OCH3 is 1. The number of thiocarbonyl (C=S) groups is 1. The molecular weight excluding hydrogens is 396 g/mol. The fourth-order valence-corrected chi connectivity index (χ4v) is 4.36. The summed E-state index contributed by atoms with van der Waals surface area (Å²) in [5.74, 6) is 1.24. The molecule has 5 nitrogen and oxygen atoms in total. The molecule has 0 spiro atoms. The van der Waals surface area contributed by atoms with Crippen molar-refractivity contribution < 1.29 is 14.3 Å². The Morgan fingerprint density at radius 2 is 1.87 bits per heavy atom. The van der Waals surface area contributed by atoms with E-state index in [0.29, 0.717) is 28.9 Å². The number of rotatable bonds is 6. The molecular formula is C24H26N2O3S. The number of nitrogens with zero attached hydrogens (tertiary/aromatic N) is 1. The average Bonchev–Trinajstić information content (AvgIpc) is 3.06. The van der Waals surface area contributed by atoms with E-state index in [1.54, 1.807) is 12.0 Å². The molecule has 6 heteroatoms. The molecule has 1 heterocycles. The zero-order chi connectivity index (χ0) is 20.9. The third-order valence-electron chi connectivity index (χ3n) is 5.59. The Morgan fingerprint density at radius 3 is 2.60 bits per heavy atom. The topological polar surface area (TPSA) is 50.8 Å². The lowest BCUT2D eigenvalue weighted by Gasteiger charge is -2.29. The first-order valence-corrected chi connectivity index (χ1v) is 10.8. The smallest absolute Gasteiger partial charge is 0.276 e. The van der Waals surface area contributed by atoms with Gasteiger partial charge in [0.15, 0.2) is 16.6 Å². The highest BCUT2D eigenvalue weighted by atomic mass is 32.1. The van der Waals surface area contributed by atoms with Crippen LogP contribution in [0.4, 0.5) is 0 Å². The standard InChI is InChI=1S/C24H26N2O3S/c1-28-22-15-18(12-13-21(22)29-16-17-8-4-2-5-9-17)14-20-23(27)26(24(30)25-20)19-10-6-3-7-11-19/h2,4-5,8-9,12-15,19H,3,6-7,10-11,16H2,1H3,(H,25,30)/b20-14-. The van der Waals surface area contributed by atoms with E-state index in [-0.39, 0.29) is 11.9 Å². The highest BCUT2D eigenvalue weighted by molar-refractivity contribution is 7.80. The quantitative estimate of drug-likeness (QED) is 0.542. The van der Waals surface area contributed by atoms with Crippen molar-refractivity contribution in [2.75, 3.05) is 7.11 Å². The van der Waals surface area contributed by atoms with Gasteiger partial charge in [-0.3, -0.25) is 9.69 Å². The number of ether oxygens (including phenoxy) is 2. The lowest BCUT2D eigenvalue weighted by molar-refractivity contribution is -0.124. The van der Waals surface area contributed by atoms with Crippen LogP contribution in [0.2, 0.25) is 0 Å². The summed E-state index contributed by atoms with van der Waals surface area (Å²) in [5.41, 5.74) is 2.44. The van der Waals surface area contributed by atoms with E-state index in [0.717, 1.165) is 36.8 Å². The molecule has 0 bridgehead atoms. The summed E-state index contributed by atoms with van der Waals surface area (Å²) in [5, 5.41) is 3.60. The number of hydrogen-bond donors (Lipinski definition) is 1. The average molecular weight is 423 g/mol. The molecule has 0 radical (unpaired) electrons. The minimum atomic E-state index is -0.0460. The molecule has 1 saturated heterocycles. The van der Waals surface area contributed by atoms with Crippen molar-refractivity contribution in [3.63, 3.8) is 0 Å². The number of nitrogens with one attached hydrogen (secondary N) is 1. The largest absolute Gasteiger partial charge is 0.493 e. The fraction of sp³-hybridized carbons (Fsp3) is 0.333. The molecule has 1 aliphatic carbocycles. The van der Waals surface area contributed by atoms with Crippen LogP contribution in [0.5, 0.6) is 11.5 Å². The van der Waals surface area contributed by atoms with Crippen LogP contribution in [0.15, 0.2) is 54.2 Å². The molecule has 1 saturated carbocycles. The van der Waals surface area contributed by atoms with Crippen LogP contribution in [-0.4, -0.2) is 29.1 Å². The Morgan fingerprint density at radius 1 is 1.10 bits per heavy atom. The highest BCUT2D eigenvalue weighted by Gasteiger charge is 2.36. The number of benzene rings is 2. The first-order valence-electron chi connectivity index (χ1n) is 10.4. The third kappa shape index (κ3) is 4.49. The van der Waals surface area contributed by atoms with Crippen molar-refractivity contribution in [2.45, 2.75) is 44.8 Å². The van der Waals surface area contributed by atoms with E-state index in [2.05, 4.69) is 5.32 Å². The molecule has 2 aromatic rings. The van der Waals surface area contributed by atoms with Gasteiger partial charge in [-0.05, 0) is 54.4 Å². The maximum absolute atomic E-state index is 13.0. The van der Waals surface area contributed by atoms with Gasteiger partial charge in [-0.25, -0.2) is 0 Å². The van der Waals surface area contributed by atoms with E-state index in [9.17, 15) is 4.79 Å². The summed E-state index contributed by atoms with van der Waals surface area (Å²) < 4.78 is 11.4. The van der Waals surface area contributed by atoms with Gasteiger partial charge in [0, 0.05) is 6.04 Å². The molecule has 2 aliphatic rings. The zero-order valence-electron chi connectivity index (χ0n) is 17.1. The van der Waals surface area contributed by atoms with Crippen LogP contribution < -0.4 is 14.8 Å². The highest BCUT2D eigenvalue weighted by Crippen LogP contribution is 2.31. The molecule has 1 amide bonds. The number of hydrogen-bond acceptors (Lipinski definition) is 4. The second kappa shape index (κ2) is 9.30. The summed E-state index contributed by atoms with van der Waals surface area (Å²) in [6, 6.07) is 15.8. The first kappa shape index (κ1) is 20.4. The van der Waals surface area contributed by atoms with E-state index in [1.165, 1.54) is 6.42 Å². The van der Waals surface area contributed by atoms with Crippen LogP contribution in [0.1, 0.15) is 43.2 Å². The minimum Gasteiger partial charge on any atom is -0.493 e. The normalized spacial score (nSPS) is 18.6. The second-order valence-electron chi connectivity index (χ2n) is 7.64. The Hall–Kier alpha value is -2.86. The predicted octanol–water partition coefficient (Wildman–Crippen LogP) is 4.66. The Kier molecular flexibility index (Phi) is 6.33. The molecule has 1 N–H and O–H groups in total. The molecule has 30 heavy (non-hydrogen) atoms. The van der Waals surface area contributed by atoms with E-state index >= 15 is 0 Å². The molecule has 2 fully saturated rings. The Labute approximate surface area is 182 Å². The van der Waals surface area contributed by atoms with Gasteiger partial charge in [0.25, 0.3) is 5.91 Å². The van der Waals surface area contributed by atoms with Gasteiger partial charge in [-0.15, -0.1) is 0 Å².